The summed E-state index contributed by atoms with van der Waals surface area (Å²) >= 11 is 5.16. The van der Waals surface area contributed by atoms with Gasteiger partial charge < -0.3 is 10.1 Å². The Bertz CT molecular complexity index is 713. The van der Waals surface area contributed by atoms with Gasteiger partial charge in [0.2, 0.25) is 0 Å². The predicted molar refractivity (Wildman–Crippen MR) is 82.4 cm³/mol. The smallest absolute Gasteiger partial charge is 0.266 e. The van der Waals surface area contributed by atoms with Crippen molar-refractivity contribution in [1.82, 2.24) is 20.2 Å². The molecule has 0 aliphatic rings. The zero-order valence-electron chi connectivity index (χ0n) is 10.9. The summed E-state index contributed by atoms with van der Waals surface area (Å²) in [4.78, 5) is 0. The molecular formula is C14H11N5OS. The van der Waals surface area contributed by atoms with Crippen LogP contribution >= 0.6 is 12.2 Å². The molecule has 0 atom stereocenters. The number of benzene rings is 2. The van der Waals surface area contributed by atoms with Crippen LogP contribution in [0.2, 0.25) is 0 Å². The number of para-hydroxylation sites is 1. The van der Waals surface area contributed by atoms with Gasteiger partial charge in [0.1, 0.15) is 12.1 Å². The van der Waals surface area contributed by atoms with E-state index in [1.165, 1.54) is 6.33 Å². The molecular weight excluding hydrogens is 286 g/mol. The van der Waals surface area contributed by atoms with Gasteiger partial charge in [-0.2, -0.15) is 0 Å². The maximum absolute atomic E-state index is 5.55. The van der Waals surface area contributed by atoms with Crippen molar-refractivity contribution in [3.63, 3.8) is 0 Å². The fourth-order valence-electron chi connectivity index (χ4n) is 1.72. The number of rotatable bonds is 3. The first-order chi connectivity index (χ1) is 10.3. The molecule has 3 aromatic rings. The van der Waals surface area contributed by atoms with Gasteiger partial charge in [-0.15, -0.1) is 5.10 Å². The number of ether oxygens (including phenoxy) is 1. The lowest BCUT2D eigenvalue weighted by atomic mass is 10.3. The Balaban J connectivity index is 1.64. The minimum Gasteiger partial charge on any atom is -0.432 e. The molecule has 21 heavy (non-hydrogen) atoms. The minimum absolute atomic E-state index is 0.288. The van der Waals surface area contributed by atoms with Crippen LogP contribution in [0.3, 0.4) is 0 Å². The molecule has 0 spiro atoms. The number of nitrogens with one attached hydrogen (secondary N) is 1. The molecule has 104 valence electrons. The zero-order chi connectivity index (χ0) is 14.5. The molecule has 0 saturated heterocycles. The Morgan fingerprint density at radius 1 is 1.05 bits per heavy atom. The van der Waals surface area contributed by atoms with Crippen LogP contribution in [0.4, 0.5) is 5.69 Å². The van der Waals surface area contributed by atoms with E-state index in [0.717, 1.165) is 11.4 Å². The van der Waals surface area contributed by atoms with Crippen LogP contribution in [0.25, 0.3) is 5.69 Å². The van der Waals surface area contributed by atoms with Gasteiger partial charge in [-0.05, 0) is 59.0 Å². The largest absolute Gasteiger partial charge is 0.432 e. The van der Waals surface area contributed by atoms with E-state index >= 15 is 0 Å². The van der Waals surface area contributed by atoms with E-state index in [1.807, 2.05) is 42.5 Å². The maximum Gasteiger partial charge on any atom is 0.266 e. The van der Waals surface area contributed by atoms with E-state index in [0.29, 0.717) is 5.75 Å². The van der Waals surface area contributed by atoms with Crippen molar-refractivity contribution < 1.29 is 4.74 Å². The van der Waals surface area contributed by atoms with Crippen LogP contribution in [-0.2, 0) is 0 Å². The Kier molecular flexibility index (Phi) is 3.83. The van der Waals surface area contributed by atoms with Gasteiger partial charge in [0, 0.05) is 5.69 Å². The molecule has 6 nitrogen and oxygen atoms in total. The maximum atomic E-state index is 5.55. The summed E-state index contributed by atoms with van der Waals surface area (Å²) in [7, 11) is 0. The fraction of sp³-hybridized carbons (Fsp3) is 0. The van der Waals surface area contributed by atoms with Crippen molar-refractivity contribution in [2.24, 2.45) is 0 Å². The highest BCUT2D eigenvalue weighted by atomic mass is 32.1. The van der Waals surface area contributed by atoms with Crippen molar-refractivity contribution in [2.75, 3.05) is 5.32 Å². The van der Waals surface area contributed by atoms with Crippen molar-refractivity contribution >= 4 is 23.1 Å². The third-order valence-corrected chi connectivity index (χ3v) is 2.87. The molecule has 0 radical (unpaired) electrons. The van der Waals surface area contributed by atoms with Gasteiger partial charge >= 0.3 is 0 Å². The molecule has 1 N–H and O–H groups in total. The molecule has 0 aliphatic carbocycles. The summed E-state index contributed by atoms with van der Waals surface area (Å²) in [6.45, 7) is 0. The van der Waals surface area contributed by atoms with Crippen LogP contribution in [0.15, 0.2) is 60.9 Å². The summed E-state index contributed by atoms with van der Waals surface area (Å²) in [6, 6.07) is 16.9. The van der Waals surface area contributed by atoms with E-state index < -0.39 is 0 Å². The Hall–Kier alpha value is -2.80. The van der Waals surface area contributed by atoms with Crippen LogP contribution < -0.4 is 10.1 Å². The molecule has 0 fully saturated rings. The lowest BCUT2D eigenvalue weighted by Crippen LogP contribution is -2.16. The lowest BCUT2D eigenvalue weighted by molar-refractivity contribution is 0.563. The second kappa shape index (κ2) is 6.10. The number of thiocarbonyl (C=S) groups is 1. The first kappa shape index (κ1) is 13.2. The number of aromatic nitrogens is 4. The van der Waals surface area contributed by atoms with Crippen molar-refractivity contribution in [3.8, 4) is 11.4 Å². The molecule has 0 amide bonds. The number of tetrazole rings is 1. The monoisotopic (exact) mass is 297 g/mol. The summed E-state index contributed by atoms with van der Waals surface area (Å²) in [5, 5.41) is 14.3. The van der Waals surface area contributed by atoms with Crippen LogP contribution in [0, 0.1) is 0 Å². The van der Waals surface area contributed by atoms with Gasteiger partial charge in [0.05, 0.1) is 5.69 Å². The van der Waals surface area contributed by atoms with Gasteiger partial charge in [0.25, 0.3) is 5.17 Å². The van der Waals surface area contributed by atoms with E-state index in [4.69, 9.17) is 17.0 Å². The zero-order valence-corrected chi connectivity index (χ0v) is 11.7. The molecule has 0 aliphatic heterocycles. The van der Waals surface area contributed by atoms with Crippen LogP contribution in [0.1, 0.15) is 0 Å². The molecule has 2 aromatic carbocycles. The van der Waals surface area contributed by atoms with Crippen LogP contribution in [0.5, 0.6) is 5.75 Å². The van der Waals surface area contributed by atoms with E-state index in [-0.39, 0.29) is 5.17 Å². The number of hydrogen-bond acceptors (Lipinski definition) is 5. The Morgan fingerprint density at radius 2 is 1.81 bits per heavy atom. The minimum atomic E-state index is 0.288. The molecule has 0 saturated carbocycles. The van der Waals surface area contributed by atoms with Crippen molar-refractivity contribution in [1.29, 1.82) is 0 Å². The predicted octanol–water partition coefficient (Wildman–Crippen LogP) is 2.44. The average molecular weight is 297 g/mol. The second-order valence-electron chi connectivity index (χ2n) is 4.13. The summed E-state index contributed by atoms with van der Waals surface area (Å²) in [6.07, 6.45) is 1.53. The fourth-order valence-corrected chi connectivity index (χ4v) is 1.93. The van der Waals surface area contributed by atoms with Gasteiger partial charge in [-0.25, -0.2) is 4.68 Å². The van der Waals surface area contributed by atoms with Gasteiger partial charge in [-0.1, -0.05) is 18.2 Å². The number of nitrogens with zero attached hydrogens (tertiary/aromatic N) is 4. The van der Waals surface area contributed by atoms with E-state index in [2.05, 4.69) is 20.8 Å². The average Bonchev–Trinajstić information content (AvgIpc) is 3.03. The summed E-state index contributed by atoms with van der Waals surface area (Å²) in [5.74, 6) is 0.639. The molecule has 1 aromatic heterocycles. The normalized spacial score (nSPS) is 10.1. The Labute approximate surface area is 126 Å². The number of hydrogen-bond donors (Lipinski definition) is 1. The molecule has 7 heteroatoms. The number of anilines is 1. The SMILES string of the molecule is S=C(Nc1ccccc1)Oc1ccc(-n2cnnn2)cc1. The summed E-state index contributed by atoms with van der Waals surface area (Å²) in [5.41, 5.74) is 1.72. The van der Waals surface area contributed by atoms with E-state index in [9.17, 15) is 0 Å². The topological polar surface area (TPSA) is 64.9 Å². The molecule has 1 heterocycles. The van der Waals surface area contributed by atoms with Gasteiger partial charge in [0.15, 0.2) is 0 Å². The highest BCUT2D eigenvalue weighted by molar-refractivity contribution is 7.80. The van der Waals surface area contributed by atoms with E-state index in [1.54, 1.807) is 16.8 Å². The quantitative estimate of drug-likeness (QED) is 0.749. The highest BCUT2D eigenvalue weighted by Gasteiger charge is 2.02. The van der Waals surface area contributed by atoms with Crippen LogP contribution in [-0.4, -0.2) is 25.4 Å². The summed E-state index contributed by atoms with van der Waals surface area (Å²) < 4.78 is 7.11. The standard InChI is InChI=1S/C14H11N5OS/c21-14(16-11-4-2-1-3-5-11)20-13-8-6-12(7-9-13)19-10-15-17-18-19/h1-10H,(H,16,21). The van der Waals surface area contributed by atoms with Crippen molar-refractivity contribution in [2.45, 2.75) is 0 Å². The first-order valence-electron chi connectivity index (χ1n) is 6.18. The molecule has 0 unspecified atom stereocenters. The first-order valence-corrected chi connectivity index (χ1v) is 6.59. The highest BCUT2D eigenvalue weighted by Crippen LogP contribution is 2.15. The van der Waals surface area contributed by atoms with Crippen molar-refractivity contribution in [3.05, 3.63) is 60.9 Å². The lowest BCUT2D eigenvalue weighted by Gasteiger charge is -2.09. The second-order valence-corrected chi connectivity index (χ2v) is 4.50. The van der Waals surface area contributed by atoms with Gasteiger partial charge in [-0.3, -0.25) is 0 Å². The molecule has 0 bridgehead atoms. The Morgan fingerprint density at radius 3 is 2.48 bits per heavy atom. The third-order valence-electron chi connectivity index (χ3n) is 2.68. The molecule has 3 rings (SSSR count). The third kappa shape index (κ3) is 3.40.